The number of carboxylic acids is 1. The van der Waals surface area contributed by atoms with Crippen molar-refractivity contribution in [2.24, 2.45) is 0 Å². The van der Waals surface area contributed by atoms with Crippen molar-refractivity contribution in [3.05, 3.63) is 143 Å². The number of benzene rings is 5. The van der Waals surface area contributed by atoms with Crippen molar-refractivity contribution >= 4 is 62.1 Å². The summed E-state index contributed by atoms with van der Waals surface area (Å²) in [6.07, 6.45) is 2.21. The smallest absolute Gasteiger partial charge is 0.338 e. The summed E-state index contributed by atoms with van der Waals surface area (Å²) in [5, 5.41) is 25.8. The number of rotatable bonds is 19. The Bertz CT molecular complexity index is 2790. The number of piperazine rings is 1. The highest BCUT2D eigenvalue weighted by Gasteiger charge is 2.46. The van der Waals surface area contributed by atoms with Crippen LogP contribution in [0.25, 0.3) is 22.4 Å². The number of aromatic carboxylic acids is 1. The number of halogens is 1. The van der Waals surface area contributed by atoms with Crippen molar-refractivity contribution in [3.8, 4) is 22.4 Å². The topological polar surface area (TPSA) is 130 Å². The molecule has 0 amide bonds. The Morgan fingerprint density at radius 1 is 0.851 bits per heavy atom. The van der Waals surface area contributed by atoms with Crippen LogP contribution >= 0.6 is 23.4 Å². The van der Waals surface area contributed by atoms with E-state index < -0.39 is 21.6 Å². The van der Waals surface area contributed by atoms with Crippen LogP contribution in [-0.2, 0) is 16.6 Å². The van der Waals surface area contributed by atoms with Crippen LogP contribution in [0, 0.1) is 6.92 Å². The monoisotopic (exact) mass is 960 g/mol. The van der Waals surface area contributed by atoms with E-state index in [0.717, 1.165) is 83.6 Å². The number of nitrogens with one attached hydrogen (secondary N) is 2. The van der Waals surface area contributed by atoms with Gasteiger partial charge in [0.15, 0.2) is 0 Å². The Hall–Kier alpha value is -5.44. The minimum Gasteiger partial charge on any atom is -0.478 e. The maximum atomic E-state index is 14.5. The van der Waals surface area contributed by atoms with Gasteiger partial charge in [0, 0.05) is 88.7 Å². The van der Waals surface area contributed by atoms with Crippen LogP contribution in [0.5, 0.6) is 0 Å². The van der Waals surface area contributed by atoms with E-state index in [1.807, 2.05) is 126 Å². The molecule has 0 radical (unpaired) electrons. The van der Waals surface area contributed by atoms with Crippen LogP contribution < -0.4 is 19.8 Å². The minimum atomic E-state index is -4.07. The number of hydrogen-bond acceptors (Lipinski definition) is 9. The molecule has 1 aliphatic carbocycles. The lowest BCUT2D eigenvalue weighted by Gasteiger charge is -2.37. The van der Waals surface area contributed by atoms with E-state index in [-0.39, 0.29) is 16.9 Å². The van der Waals surface area contributed by atoms with Crippen LogP contribution in [-0.4, -0.2) is 98.3 Å². The normalized spacial score (nSPS) is 15.6. The number of hydrogen-bond donors (Lipinski definition) is 4. The largest absolute Gasteiger partial charge is 0.478 e. The van der Waals surface area contributed by atoms with Gasteiger partial charge in [0.25, 0.3) is 10.0 Å². The highest BCUT2D eigenvalue weighted by molar-refractivity contribution is 7.99. The molecule has 1 aromatic heterocycles. The highest BCUT2D eigenvalue weighted by atomic mass is 35.5. The average Bonchev–Trinajstić information content (AvgIpc) is 4.01. The van der Waals surface area contributed by atoms with Gasteiger partial charge < -0.3 is 34.8 Å². The van der Waals surface area contributed by atoms with E-state index in [4.69, 9.17) is 11.6 Å². The molecule has 6 aromatic rings. The van der Waals surface area contributed by atoms with E-state index in [1.54, 1.807) is 17.8 Å². The van der Waals surface area contributed by atoms with Crippen molar-refractivity contribution in [1.29, 1.82) is 0 Å². The molecule has 2 heterocycles. The summed E-state index contributed by atoms with van der Waals surface area (Å²) >= 11 is 8.00. The van der Waals surface area contributed by atoms with Gasteiger partial charge in [-0.2, -0.15) is 0 Å². The van der Waals surface area contributed by atoms with Crippen molar-refractivity contribution < 1.29 is 23.4 Å². The first-order valence-corrected chi connectivity index (χ1v) is 25.9. The van der Waals surface area contributed by atoms with Crippen LogP contribution in [0.3, 0.4) is 0 Å². The van der Waals surface area contributed by atoms with E-state index in [1.165, 1.54) is 0 Å². The molecule has 0 bridgehead atoms. The molecule has 14 heteroatoms. The zero-order valence-electron chi connectivity index (χ0n) is 38.9. The van der Waals surface area contributed by atoms with Gasteiger partial charge in [-0.25, -0.2) is 13.2 Å². The first kappa shape index (κ1) is 48.0. The average molecular weight is 962 g/mol. The molecule has 2 aliphatic rings. The fourth-order valence-electron chi connectivity index (χ4n) is 9.18. The zero-order valence-corrected chi connectivity index (χ0v) is 41.3. The molecule has 2 fully saturated rings. The summed E-state index contributed by atoms with van der Waals surface area (Å²) in [6, 6.07) is 39.0. The van der Waals surface area contributed by atoms with E-state index >= 15 is 0 Å². The fourth-order valence-corrected chi connectivity index (χ4v) is 11.6. The molecule has 5 aromatic carbocycles. The molecule has 352 valence electrons. The number of aliphatic hydroxyl groups is 1. The molecule has 1 saturated heterocycles. The van der Waals surface area contributed by atoms with E-state index in [9.17, 15) is 23.4 Å². The van der Waals surface area contributed by atoms with Gasteiger partial charge in [0.1, 0.15) is 4.90 Å². The fraction of sp³-hybridized carbons (Fsp3) is 0.340. The molecule has 1 saturated carbocycles. The second kappa shape index (κ2) is 20.4. The lowest BCUT2D eigenvalue weighted by atomic mass is 9.93. The zero-order chi connectivity index (χ0) is 47.5. The molecular weight excluding hydrogens is 900 g/mol. The maximum absolute atomic E-state index is 14.5. The van der Waals surface area contributed by atoms with E-state index in [2.05, 4.69) is 53.6 Å². The van der Waals surface area contributed by atoms with Crippen molar-refractivity contribution in [3.63, 3.8) is 0 Å². The Balaban J connectivity index is 0.981. The molecular formula is C53H61ClN6O5S2. The summed E-state index contributed by atoms with van der Waals surface area (Å²) in [5.74, 6) is -0.429. The van der Waals surface area contributed by atoms with Gasteiger partial charge in [0.05, 0.1) is 22.5 Å². The summed E-state index contributed by atoms with van der Waals surface area (Å²) in [7, 11) is 0.0103. The third-order valence-corrected chi connectivity index (χ3v) is 16.1. The first-order chi connectivity index (χ1) is 32.1. The number of carbonyl (C=O) groups is 1. The van der Waals surface area contributed by atoms with Gasteiger partial charge in [0.2, 0.25) is 0 Å². The lowest BCUT2D eigenvalue weighted by molar-refractivity contribution is 0.0696. The molecule has 2 unspecified atom stereocenters. The Kier molecular flexibility index (Phi) is 14.6. The SMILES string of the molecule is CCn1c(C)c(C(=O)O)c(-c2cccc(N3CCN(c4ccc(NS(=O)(=O)c5cc(C(C)C6(O)CC6)ccc5NC(CCN(C)C)CSc5ccccc5)cc4)CC3)c2)c1-c1ccc(Cl)cc1. The van der Waals surface area contributed by atoms with Gasteiger partial charge in [-0.05, 0) is 143 Å². The minimum absolute atomic E-state index is 0.0169. The number of carboxylic acid groups (broad SMARTS) is 1. The van der Waals surface area contributed by atoms with Gasteiger partial charge in [-0.15, -0.1) is 11.8 Å². The Morgan fingerprint density at radius 2 is 1.52 bits per heavy atom. The number of sulfonamides is 1. The molecule has 2 atom stereocenters. The first-order valence-electron chi connectivity index (χ1n) is 23.0. The molecule has 8 rings (SSSR count). The summed E-state index contributed by atoms with van der Waals surface area (Å²) in [6.45, 7) is 10.3. The predicted octanol–water partition coefficient (Wildman–Crippen LogP) is 10.8. The van der Waals surface area contributed by atoms with Crippen LogP contribution in [0.4, 0.5) is 22.7 Å². The van der Waals surface area contributed by atoms with E-state index in [0.29, 0.717) is 52.6 Å². The van der Waals surface area contributed by atoms with Gasteiger partial charge in [-0.1, -0.05) is 67.1 Å². The molecule has 1 aliphatic heterocycles. The van der Waals surface area contributed by atoms with Crippen molar-refractivity contribution in [2.75, 3.05) is 72.4 Å². The molecule has 0 spiro atoms. The van der Waals surface area contributed by atoms with Gasteiger partial charge in [-0.3, -0.25) is 4.72 Å². The number of aromatic nitrogens is 1. The highest BCUT2D eigenvalue weighted by Crippen LogP contribution is 2.48. The summed E-state index contributed by atoms with van der Waals surface area (Å²) in [4.78, 5) is 20.9. The Morgan fingerprint density at radius 3 is 2.15 bits per heavy atom. The third kappa shape index (κ3) is 11.0. The van der Waals surface area contributed by atoms with Crippen molar-refractivity contribution in [1.82, 2.24) is 9.47 Å². The summed E-state index contributed by atoms with van der Waals surface area (Å²) < 4.78 is 33.9. The van der Waals surface area contributed by atoms with Crippen molar-refractivity contribution in [2.45, 2.75) is 73.9 Å². The van der Waals surface area contributed by atoms with Crippen LogP contribution in [0.2, 0.25) is 5.02 Å². The second-order valence-corrected chi connectivity index (χ2v) is 21.2. The standard InChI is InChI=1S/C53H61ClN6O5S2/c1-6-60-37(3)49(52(61)62)50(51(60)38-15-18-41(54)19-16-38)40-11-10-12-45(33-40)59-31-29-58(30-32-59)44-22-20-42(21-23-44)56-67(64,65)48-34-39(36(2)53(63)26-27-53)17-24-47(48)55-43(25-28-57(4)5)35-66-46-13-8-7-9-14-46/h7-24,33-34,36,43,55-56,63H,6,25-32,35H2,1-5H3,(H,61,62). The number of anilines is 4. The van der Waals surface area contributed by atoms with Gasteiger partial charge >= 0.3 is 5.97 Å². The predicted molar refractivity (Wildman–Crippen MR) is 276 cm³/mol. The molecule has 67 heavy (non-hydrogen) atoms. The molecule has 4 N–H and O–H groups in total. The molecule has 11 nitrogen and oxygen atoms in total. The number of thioether (sulfide) groups is 1. The maximum Gasteiger partial charge on any atom is 0.338 e. The Labute approximate surface area is 404 Å². The second-order valence-electron chi connectivity index (χ2n) is 18.1. The quantitative estimate of drug-likeness (QED) is 0.0582. The van der Waals surface area contributed by atoms with Crippen LogP contribution in [0.1, 0.15) is 60.6 Å². The lowest BCUT2D eigenvalue weighted by Crippen LogP contribution is -2.46. The van der Waals surface area contributed by atoms with Crippen LogP contribution in [0.15, 0.2) is 131 Å². The number of nitrogens with zero attached hydrogens (tertiary/aromatic N) is 4. The third-order valence-electron chi connectivity index (χ3n) is 13.3. The summed E-state index contributed by atoms with van der Waals surface area (Å²) in [5.41, 5.74) is 7.25.